The number of carbonyl (C=O) groups excluding carboxylic acids is 3. The molecule has 55 heavy (non-hydrogen) atoms. The smallest absolute Gasteiger partial charge is 0.337 e. The highest BCUT2D eigenvalue weighted by molar-refractivity contribution is 6.35. The van der Waals surface area contributed by atoms with E-state index in [0.29, 0.717) is 64.4 Å². The van der Waals surface area contributed by atoms with Crippen LogP contribution in [-0.4, -0.2) is 71.9 Å². The Morgan fingerprint density at radius 3 is 1.47 bits per heavy atom. The molecule has 4 heterocycles. The van der Waals surface area contributed by atoms with Crippen molar-refractivity contribution in [3.63, 3.8) is 0 Å². The number of likely N-dealkylation sites (tertiary alicyclic amines) is 2. The summed E-state index contributed by atoms with van der Waals surface area (Å²) >= 11 is 24.5. The van der Waals surface area contributed by atoms with Gasteiger partial charge in [-0.05, 0) is 135 Å². The van der Waals surface area contributed by atoms with Gasteiger partial charge < -0.3 is 20.5 Å². The first-order chi connectivity index (χ1) is 26.3. The standard InChI is InChI=1S/C21H20Cl2N2O3.C20H18Cl2N2O3/c1-28-19(26)13-3-5-18-16(10-13)21(20(27)24-18)6-8-25(9-7-21)12-14-2-4-15(22)11-17(14)23;21-14-3-1-13(16(22)10-14)11-24-7-5-20(6-8-24)15-9-12(18(25)26)2-4-17(15)23-19(20)27/h2-5,10-11H,6-9,12H2,1H3,(H,24,27);1-4,9-10H,5-8,11H2,(H,23,27)(H,25,26). The van der Waals surface area contributed by atoms with Crippen molar-refractivity contribution < 1.29 is 29.0 Å². The second kappa shape index (κ2) is 15.8. The molecule has 2 amide bonds. The Hall–Kier alpha value is -4.16. The van der Waals surface area contributed by atoms with Gasteiger partial charge in [-0.2, -0.15) is 0 Å². The number of nitrogens with zero attached hydrogens (tertiary/aromatic N) is 2. The van der Waals surface area contributed by atoms with Crippen LogP contribution in [0.4, 0.5) is 11.4 Å². The van der Waals surface area contributed by atoms with E-state index in [1.807, 2.05) is 24.3 Å². The van der Waals surface area contributed by atoms with Crippen LogP contribution >= 0.6 is 46.4 Å². The number of carboxylic acids is 1. The first-order valence-corrected chi connectivity index (χ1v) is 19.4. The van der Waals surface area contributed by atoms with Crippen molar-refractivity contribution in [2.45, 2.75) is 49.6 Å². The van der Waals surface area contributed by atoms with E-state index in [4.69, 9.17) is 51.1 Å². The van der Waals surface area contributed by atoms with E-state index in [1.165, 1.54) is 13.2 Å². The first kappa shape index (κ1) is 39.1. The predicted octanol–water partition coefficient (Wildman–Crippen LogP) is 8.44. The molecule has 2 saturated heterocycles. The molecule has 10 nitrogen and oxygen atoms in total. The highest BCUT2D eigenvalue weighted by Gasteiger charge is 2.50. The Kier molecular flexibility index (Phi) is 11.2. The number of aromatic carboxylic acids is 1. The van der Waals surface area contributed by atoms with Crippen LogP contribution in [0.1, 0.15) is 68.7 Å². The number of esters is 1. The average molecular weight is 825 g/mol. The molecule has 8 rings (SSSR count). The van der Waals surface area contributed by atoms with Gasteiger partial charge in [0.1, 0.15) is 0 Å². The fourth-order valence-corrected chi connectivity index (χ4v) is 9.10. The Balaban J connectivity index is 0.000000169. The minimum atomic E-state index is -0.984. The molecule has 0 bridgehead atoms. The topological polar surface area (TPSA) is 128 Å². The summed E-state index contributed by atoms with van der Waals surface area (Å²) in [5.74, 6) is -1.41. The highest BCUT2D eigenvalue weighted by atomic mass is 35.5. The van der Waals surface area contributed by atoms with Crippen LogP contribution in [0.3, 0.4) is 0 Å². The number of amides is 2. The van der Waals surface area contributed by atoms with Gasteiger partial charge in [-0.15, -0.1) is 0 Å². The zero-order valence-electron chi connectivity index (χ0n) is 29.9. The average Bonchev–Trinajstić information content (AvgIpc) is 3.59. The minimum absolute atomic E-state index is 0.00805. The Labute approximate surface area is 338 Å². The van der Waals surface area contributed by atoms with E-state index in [9.17, 15) is 24.3 Å². The predicted molar refractivity (Wildman–Crippen MR) is 214 cm³/mol. The number of carboxylic acid groups (broad SMARTS) is 1. The van der Waals surface area contributed by atoms with Crippen molar-refractivity contribution in [3.05, 3.63) is 126 Å². The third-order valence-electron chi connectivity index (χ3n) is 11.3. The zero-order chi connectivity index (χ0) is 39.1. The summed E-state index contributed by atoms with van der Waals surface area (Å²) in [7, 11) is 1.36. The maximum atomic E-state index is 12.8. The molecule has 0 atom stereocenters. The fourth-order valence-electron chi connectivity index (χ4n) is 8.16. The molecule has 0 radical (unpaired) electrons. The summed E-state index contributed by atoms with van der Waals surface area (Å²) in [4.78, 5) is 53.4. The fraction of sp³-hybridized carbons (Fsp3) is 0.317. The highest BCUT2D eigenvalue weighted by Crippen LogP contribution is 2.47. The van der Waals surface area contributed by atoms with E-state index in [0.717, 1.165) is 59.8 Å². The summed E-state index contributed by atoms with van der Waals surface area (Å²) < 4.78 is 4.83. The van der Waals surface area contributed by atoms with E-state index in [2.05, 4.69) is 20.4 Å². The molecule has 0 unspecified atom stereocenters. The van der Waals surface area contributed by atoms with E-state index in [1.54, 1.807) is 42.5 Å². The number of methoxy groups -OCH3 is 1. The molecule has 4 aliphatic heterocycles. The number of hydrogen-bond donors (Lipinski definition) is 3. The lowest BCUT2D eigenvalue weighted by Gasteiger charge is -2.38. The molecule has 14 heteroatoms. The van der Waals surface area contributed by atoms with Crippen molar-refractivity contribution in [2.24, 2.45) is 0 Å². The number of carbonyl (C=O) groups is 4. The maximum absolute atomic E-state index is 12.8. The quantitative estimate of drug-likeness (QED) is 0.166. The zero-order valence-corrected chi connectivity index (χ0v) is 32.9. The second-order valence-electron chi connectivity index (χ2n) is 14.4. The van der Waals surface area contributed by atoms with Crippen molar-refractivity contribution in [2.75, 3.05) is 43.9 Å². The number of fused-ring (bicyclic) bond motifs is 4. The van der Waals surface area contributed by atoms with Gasteiger partial charge in [0, 0.05) is 44.6 Å². The van der Waals surface area contributed by atoms with Gasteiger partial charge in [-0.1, -0.05) is 58.5 Å². The van der Waals surface area contributed by atoms with Crippen LogP contribution in [0, 0.1) is 0 Å². The minimum Gasteiger partial charge on any atom is -0.478 e. The van der Waals surface area contributed by atoms with Gasteiger partial charge in [0.25, 0.3) is 0 Å². The molecule has 2 spiro atoms. The number of halogens is 4. The second-order valence-corrected chi connectivity index (χ2v) is 16.1. The van der Waals surface area contributed by atoms with Crippen molar-refractivity contribution >= 4 is 81.5 Å². The number of nitrogens with one attached hydrogen (secondary N) is 2. The molecule has 4 aromatic rings. The normalized spacial score (nSPS) is 18.2. The molecule has 0 saturated carbocycles. The number of hydrogen-bond acceptors (Lipinski definition) is 7. The summed E-state index contributed by atoms with van der Waals surface area (Å²) in [5.41, 5.74) is 4.65. The Morgan fingerprint density at radius 2 is 1.07 bits per heavy atom. The van der Waals surface area contributed by atoms with Crippen molar-refractivity contribution in [1.82, 2.24) is 9.80 Å². The molecule has 4 aliphatic rings. The molecule has 0 aliphatic carbocycles. The molecular formula is C41H38Cl4N4O6. The number of rotatable bonds is 6. The lowest BCUT2D eigenvalue weighted by Crippen LogP contribution is -2.46. The Morgan fingerprint density at radius 1 is 0.655 bits per heavy atom. The SMILES string of the molecule is COC(=O)c1ccc2c(c1)C1(CCN(Cc3ccc(Cl)cc3Cl)CC1)C(=O)N2.O=C(O)c1ccc2c(c1)C1(CCN(Cc3ccc(Cl)cc3Cl)CC1)C(=O)N2. The molecule has 286 valence electrons. The van der Waals surface area contributed by atoms with Crippen LogP contribution in [-0.2, 0) is 38.2 Å². The van der Waals surface area contributed by atoms with E-state index < -0.39 is 22.8 Å². The van der Waals surface area contributed by atoms with Gasteiger partial charge in [0.05, 0.1) is 29.1 Å². The van der Waals surface area contributed by atoms with Gasteiger partial charge in [0.15, 0.2) is 0 Å². The maximum Gasteiger partial charge on any atom is 0.337 e. The third kappa shape index (κ3) is 7.68. The summed E-state index contributed by atoms with van der Waals surface area (Å²) in [6.07, 6.45) is 2.64. The van der Waals surface area contributed by atoms with E-state index in [-0.39, 0.29) is 17.4 Å². The van der Waals surface area contributed by atoms with Crippen LogP contribution in [0.5, 0.6) is 0 Å². The molecule has 0 aromatic heterocycles. The first-order valence-electron chi connectivity index (χ1n) is 17.9. The molecule has 2 fully saturated rings. The van der Waals surface area contributed by atoms with Crippen LogP contribution in [0.2, 0.25) is 20.1 Å². The van der Waals surface area contributed by atoms with Gasteiger partial charge in [0.2, 0.25) is 11.8 Å². The van der Waals surface area contributed by atoms with Gasteiger partial charge >= 0.3 is 11.9 Å². The number of benzene rings is 4. The molecule has 3 N–H and O–H groups in total. The summed E-state index contributed by atoms with van der Waals surface area (Å²) in [6, 6.07) is 21.1. The number of ether oxygens (including phenoxy) is 1. The Bertz CT molecular complexity index is 2200. The van der Waals surface area contributed by atoms with Crippen LogP contribution in [0.25, 0.3) is 0 Å². The lowest BCUT2D eigenvalue weighted by molar-refractivity contribution is -0.123. The molecule has 4 aromatic carbocycles. The largest absolute Gasteiger partial charge is 0.478 e. The molecular weight excluding hydrogens is 786 g/mol. The number of piperidine rings is 2. The van der Waals surface area contributed by atoms with Crippen molar-refractivity contribution in [3.8, 4) is 0 Å². The van der Waals surface area contributed by atoms with Gasteiger partial charge in [-0.25, -0.2) is 9.59 Å². The summed E-state index contributed by atoms with van der Waals surface area (Å²) in [6.45, 7) is 4.37. The summed E-state index contributed by atoms with van der Waals surface area (Å²) in [5, 5.41) is 17.7. The van der Waals surface area contributed by atoms with Crippen molar-refractivity contribution in [1.29, 1.82) is 0 Å². The van der Waals surface area contributed by atoms with Crippen LogP contribution < -0.4 is 10.6 Å². The number of anilines is 2. The third-order valence-corrected chi connectivity index (χ3v) is 12.5. The lowest BCUT2D eigenvalue weighted by atomic mass is 9.73. The van der Waals surface area contributed by atoms with E-state index >= 15 is 0 Å². The van der Waals surface area contributed by atoms with Crippen LogP contribution in [0.15, 0.2) is 72.8 Å². The monoisotopic (exact) mass is 822 g/mol. The van der Waals surface area contributed by atoms with Gasteiger partial charge in [-0.3, -0.25) is 19.4 Å².